The molecule has 0 saturated carbocycles. The highest BCUT2D eigenvalue weighted by Gasteiger charge is 2.06. The molecule has 0 unspecified atom stereocenters. The fourth-order valence-corrected chi connectivity index (χ4v) is 1.46. The highest BCUT2D eigenvalue weighted by atomic mass is 35.5. The summed E-state index contributed by atoms with van der Waals surface area (Å²) in [5.74, 6) is 0.360. The van der Waals surface area contributed by atoms with Crippen LogP contribution in [0.25, 0.3) is 0 Å². The Kier molecular flexibility index (Phi) is 2.99. The van der Waals surface area contributed by atoms with Crippen LogP contribution in [0.2, 0.25) is 5.02 Å². The van der Waals surface area contributed by atoms with Crippen molar-refractivity contribution in [1.82, 2.24) is 0 Å². The van der Waals surface area contributed by atoms with Crippen molar-refractivity contribution in [2.24, 2.45) is 0 Å². The van der Waals surface area contributed by atoms with Crippen LogP contribution in [0.3, 0.4) is 0 Å². The van der Waals surface area contributed by atoms with Gasteiger partial charge in [-0.2, -0.15) is 0 Å². The van der Waals surface area contributed by atoms with Crippen LogP contribution >= 0.6 is 11.6 Å². The lowest BCUT2D eigenvalue weighted by molar-refractivity contribution is 0.467. The molecule has 0 fully saturated rings. The van der Waals surface area contributed by atoms with Gasteiger partial charge in [-0.15, -0.1) is 0 Å². The number of phenolic OH excluding ortho intramolecular Hbond substituents is 1. The molecule has 1 aromatic carbocycles. The molecule has 12 heavy (non-hydrogen) atoms. The van der Waals surface area contributed by atoms with E-state index in [9.17, 15) is 5.11 Å². The number of phenols is 1. The summed E-state index contributed by atoms with van der Waals surface area (Å²) >= 11 is 5.91. The van der Waals surface area contributed by atoms with Gasteiger partial charge in [-0.25, -0.2) is 0 Å². The molecule has 0 spiro atoms. The number of hydrogen-bond acceptors (Lipinski definition) is 1. The molecule has 0 aliphatic carbocycles. The first-order valence-corrected chi connectivity index (χ1v) is 4.51. The topological polar surface area (TPSA) is 20.2 Å². The van der Waals surface area contributed by atoms with Crippen LogP contribution in [0.4, 0.5) is 0 Å². The van der Waals surface area contributed by atoms with Crippen molar-refractivity contribution in [3.8, 4) is 5.75 Å². The third kappa shape index (κ3) is 1.72. The third-order valence-electron chi connectivity index (χ3n) is 2.01. The van der Waals surface area contributed by atoms with E-state index < -0.39 is 0 Å². The summed E-state index contributed by atoms with van der Waals surface area (Å²) in [7, 11) is 0. The van der Waals surface area contributed by atoms with Gasteiger partial charge in [-0.1, -0.05) is 24.9 Å². The molecule has 1 aromatic rings. The van der Waals surface area contributed by atoms with Crippen molar-refractivity contribution in [1.29, 1.82) is 0 Å². The van der Waals surface area contributed by atoms with E-state index in [-0.39, 0.29) is 0 Å². The summed E-state index contributed by atoms with van der Waals surface area (Å²) < 4.78 is 0. The number of hydrogen-bond donors (Lipinski definition) is 1. The summed E-state index contributed by atoms with van der Waals surface area (Å²) in [6.07, 6.45) is 1.91. The quantitative estimate of drug-likeness (QED) is 0.748. The van der Waals surface area contributed by atoms with E-state index in [0.29, 0.717) is 5.75 Å². The van der Waals surface area contributed by atoms with Gasteiger partial charge >= 0.3 is 0 Å². The number of benzene rings is 1. The minimum atomic E-state index is 0.360. The lowest BCUT2D eigenvalue weighted by Gasteiger charge is -2.08. The van der Waals surface area contributed by atoms with Crippen LogP contribution < -0.4 is 0 Å². The molecule has 0 aliphatic heterocycles. The summed E-state index contributed by atoms with van der Waals surface area (Å²) in [4.78, 5) is 0. The average molecular weight is 185 g/mol. The molecule has 2 heteroatoms. The fraction of sp³-hybridized carbons (Fsp3) is 0.400. The average Bonchev–Trinajstić information content (AvgIpc) is 2.06. The van der Waals surface area contributed by atoms with Gasteiger partial charge in [0, 0.05) is 5.02 Å². The molecule has 0 heterocycles. The van der Waals surface area contributed by atoms with Crippen molar-refractivity contribution in [2.75, 3.05) is 0 Å². The molecular formula is C10H13ClO. The fourth-order valence-electron chi connectivity index (χ4n) is 1.28. The highest BCUT2D eigenvalue weighted by Crippen LogP contribution is 2.27. The molecule has 1 rings (SSSR count). The maximum Gasteiger partial charge on any atom is 0.119 e. The minimum absolute atomic E-state index is 0.360. The smallest absolute Gasteiger partial charge is 0.119 e. The second-order valence-corrected chi connectivity index (χ2v) is 3.33. The predicted octanol–water partition coefficient (Wildman–Crippen LogP) is 3.31. The van der Waals surface area contributed by atoms with Crippen molar-refractivity contribution in [3.05, 3.63) is 28.3 Å². The first-order valence-electron chi connectivity index (χ1n) is 4.13. The first kappa shape index (κ1) is 9.40. The summed E-state index contributed by atoms with van der Waals surface area (Å²) in [5.41, 5.74) is 1.98. The van der Waals surface area contributed by atoms with Gasteiger partial charge in [-0.3, -0.25) is 0 Å². The second kappa shape index (κ2) is 3.81. The molecule has 1 N–H and O–H groups in total. The number of halogens is 1. The van der Waals surface area contributed by atoms with E-state index in [4.69, 9.17) is 11.6 Å². The van der Waals surface area contributed by atoms with Crippen LogP contribution in [-0.4, -0.2) is 5.11 Å². The maximum absolute atomic E-state index is 9.49. The molecular weight excluding hydrogens is 172 g/mol. The van der Waals surface area contributed by atoms with E-state index in [2.05, 4.69) is 6.92 Å². The molecule has 0 aromatic heterocycles. The highest BCUT2D eigenvalue weighted by molar-refractivity contribution is 6.31. The molecule has 0 aliphatic rings. The van der Waals surface area contributed by atoms with Gasteiger partial charge in [0.15, 0.2) is 0 Å². The zero-order chi connectivity index (χ0) is 9.14. The van der Waals surface area contributed by atoms with E-state index >= 15 is 0 Å². The Bertz CT molecular complexity index is 281. The lowest BCUT2D eigenvalue weighted by atomic mass is 10.0. The van der Waals surface area contributed by atoms with Crippen LogP contribution in [0.5, 0.6) is 5.75 Å². The van der Waals surface area contributed by atoms with E-state index in [1.54, 1.807) is 12.1 Å². The second-order valence-electron chi connectivity index (χ2n) is 2.92. The zero-order valence-corrected chi connectivity index (χ0v) is 8.15. The van der Waals surface area contributed by atoms with Crippen molar-refractivity contribution in [3.63, 3.8) is 0 Å². The van der Waals surface area contributed by atoms with Crippen LogP contribution in [0.15, 0.2) is 12.1 Å². The lowest BCUT2D eigenvalue weighted by Crippen LogP contribution is -1.90. The third-order valence-corrected chi connectivity index (χ3v) is 2.42. The van der Waals surface area contributed by atoms with Gasteiger partial charge in [0.1, 0.15) is 5.75 Å². The normalized spacial score (nSPS) is 10.2. The van der Waals surface area contributed by atoms with E-state index in [0.717, 1.165) is 29.0 Å². The Hall–Kier alpha value is -0.690. The SMILES string of the molecule is CCCc1c(O)ccc(Cl)c1C. The van der Waals surface area contributed by atoms with Gasteiger partial charge in [0.05, 0.1) is 0 Å². The number of aromatic hydroxyl groups is 1. The molecule has 0 amide bonds. The van der Waals surface area contributed by atoms with Crippen LogP contribution in [0.1, 0.15) is 24.5 Å². The van der Waals surface area contributed by atoms with Crippen molar-refractivity contribution < 1.29 is 5.11 Å². The monoisotopic (exact) mass is 184 g/mol. The summed E-state index contributed by atoms with van der Waals surface area (Å²) in [5, 5.41) is 10.2. The molecule has 0 saturated heterocycles. The summed E-state index contributed by atoms with van der Waals surface area (Å²) in [6.45, 7) is 4.02. The van der Waals surface area contributed by atoms with Crippen molar-refractivity contribution in [2.45, 2.75) is 26.7 Å². The zero-order valence-electron chi connectivity index (χ0n) is 7.39. The molecule has 0 bridgehead atoms. The standard InChI is InChI=1S/C10H13ClO/c1-3-4-8-7(2)9(11)5-6-10(8)12/h5-6,12H,3-4H2,1-2H3. The Morgan fingerprint density at radius 2 is 2.08 bits per heavy atom. The van der Waals surface area contributed by atoms with Crippen LogP contribution in [0, 0.1) is 6.92 Å². The molecule has 66 valence electrons. The van der Waals surface area contributed by atoms with Gasteiger partial charge in [-0.05, 0) is 36.6 Å². The largest absolute Gasteiger partial charge is 0.508 e. The van der Waals surface area contributed by atoms with E-state index in [1.165, 1.54) is 0 Å². The van der Waals surface area contributed by atoms with E-state index in [1.807, 2.05) is 6.92 Å². The maximum atomic E-state index is 9.49. The predicted molar refractivity (Wildman–Crippen MR) is 51.8 cm³/mol. The Morgan fingerprint density at radius 3 is 2.67 bits per heavy atom. The Balaban J connectivity index is 3.14. The van der Waals surface area contributed by atoms with Crippen LogP contribution in [-0.2, 0) is 6.42 Å². The summed E-state index contributed by atoms with van der Waals surface area (Å²) in [6, 6.07) is 3.38. The molecule has 0 radical (unpaired) electrons. The van der Waals surface area contributed by atoms with Gasteiger partial charge < -0.3 is 5.11 Å². The van der Waals surface area contributed by atoms with Crippen molar-refractivity contribution >= 4 is 11.6 Å². The Labute approximate surface area is 78.0 Å². The first-order chi connectivity index (χ1) is 5.66. The molecule has 0 atom stereocenters. The Morgan fingerprint density at radius 1 is 1.42 bits per heavy atom. The van der Waals surface area contributed by atoms with Gasteiger partial charge in [0.25, 0.3) is 0 Å². The number of rotatable bonds is 2. The molecule has 1 nitrogen and oxygen atoms in total. The van der Waals surface area contributed by atoms with Gasteiger partial charge in [0.2, 0.25) is 0 Å². The minimum Gasteiger partial charge on any atom is -0.508 e.